The molecule has 0 saturated heterocycles. The van der Waals surface area contributed by atoms with Crippen molar-refractivity contribution in [2.75, 3.05) is 0 Å². The molecule has 1 aliphatic rings. The largest absolute Gasteiger partial charge is 0.243 e. The topological polar surface area (TPSA) is 29.1 Å². The van der Waals surface area contributed by atoms with E-state index in [4.69, 9.17) is 11.6 Å². The fraction of sp³-hybridized carbons (Fsp3) is 0.500. The van der Waals surface area contributed by atoms with Gasteiger partial charge in [-0.05, 0) is 30.5 Å². The minimum absolute atomic E-state index is 0.452. The SMILES string of the molecule is O=S(Cc1ccc(Cl)cc1)NC1CCCC1. The van der Waals surface area contributed by atoms with Gasteiger partial charge in [0.15, 0.2) is 0 Å². The van der Waals surface area contributed by atoms with Crippen molar-refractivity contribution in [3.63, 3.8) is 0 Å². The van der Waals surface area contributed by atoms with Crippen molar-refractivity contribution in [1.82, 2.24) is 4.72 Å². The zero-order valence-electron chi connectivity index (χ0n) is 9.12. The van der Waals surface area contributed by atoms with Crippen molar-refractivity contribution >= 4 is 22.6 Å². The number of hydrogen-bond acceptors (Lipinski definition) is 1. The summed E-state index contributed by atoms with van der Waals surface area (Å²) in [6.07, 6.45) is 4.84. The van der Waals surface area contributed by atoms with Gasteiger partial charge in [0.05, 0.1) is 16.7 Å². The first-order chi connectivity index (χ1) is 7.74. The van der Waals surface area contributed by atoms with E-state index in [1.165, 1.54) is 12.8 Å². The highest BCUT2D eigenvalue weighted by Gasteiger charge is 2.16. The summed E-state index contributed by atoms with van der Waals surface area (Å²) >= 11 is 5.79. The average Bonchev–Trinajstić information content (AvgIpc) is 2.74. The Morgan fingerprint density at radius 3 is 2.50 bits per heavy atom. The van der Waals surface area contributed by atoms with Crippen molar-refractivity contribution in [1.29, 1.82) is 0 Å². The molecule has 1 atom stereocenters. The highest BCUT2D eigenvalue weighted by Crippen LogP contribution is 2.18. The molecule has 0 heterocycles. The summed E-state index contributed by atoms with van der Waals surface area (Å²) in [7, 11) is -0.961. The lowest BCUT2D eigenvalue weighted by Crippen LogP contribution is -2.28. The normalized spacial score (nSPS) is 18.8. The van der Waals surface area contributed by atoms with Crippen LogP contribution in [0, 0.1) is 0 Å². The van der Waals surface area contributed by atoms with Crippen LogP contribution in [0.25, 0.3) is 0 Å². The highest BCUT2D eigenvalue weighted by molar-refractivity contribution is 7.82. The maximum atomic E-state index is 11.8. The van der Waals surface area contributed by atoms with Crippen LogP contribution in [-0.4, -0.2) is 10.3 Å². The molecule has 0 spiro atoms. The molecule has 1 aromatic rings. The summed E-state index contributed by atoms with van der Waals surface area (Å²) in [5, 5.41) is 0.721. The summed E-state index contributed by atoms with van der Waals surface area (Å²) < 4.78 is 15.0. The molecule has 0 amide bonds. The quantitative estimate of drug-likeness (QED) is 0.883. The first-order valence-corrected chi connectivity index (χ1v) is 7.33. The Bertz CT molecular complexity index is 360. The molecule has 1 unspecified atom stereocenters. The Kier molecular flexibility index (Phi) is 4.38. The van der Waals surface area contributed by atoms with E-state index in [9.17, 15) is 4.21 Å². The van der Waals surface area contributed by atoms with E-state index >= 15 is 0 Å². The standard InChI is InChI=1S/C12H16ClNOS/c13-11-7-5-10(6-8-11)9-16(15)14-12-3-1-2-4-12/h5-8,12,14H,1-4,9H2. The van der Waals surface area contributed by atoms with Crippen LogP contribution in [0.3, 0.4) is 0 Å². The first kappa shape index (κ1) is 12.1. The van der Waals surface area contributed by atoms with Crippen molar-refractivity contribution in [3.8, 4) is 0 Å². The minimum atomic E-state index is -0.961. The van der Waals surface area contributed by atoms with E-state index in [-0.39, 0.29) is 0 Å². The Balaban J connectivity index is 1.84. The summed E-state index contributed by atoms with van der Waals surface area (Å²) in [6, 6.07) is 7.98. The zero-order valence-corrected chi connectivity index (χ0v) is 10.7. The summed E-state index contributed by atoms with van der Waals surface area (Å²) in [5.74, 6) is 0.563. The van der Waals surface area contributed by atoms with Crippen molar-refractivity contribution in [3.05, 3.63) is 34.9 Å². The van der Waals surface area contributed by atoms with Crippen molar-refractivity contribution < 1.29 is 4.21 Å². The lowest BCUT2D eigenvalue weighted by atomic mass is 10.2. The third kappa shape index (κ3) is 3.58. The Labute approximate surface area is 104 Å². The lowest BCUT2D eigenvalue weighted by molar-refractivity contribution is 0.616. The molecule has 0 radical (unpaired) electrons. The summed E-state index contributed by atoms with van der Waals surface area (Å²) in [4.78, 5) is 0. The molecule has 1 saturated carbocycles. The van der Waals surface area contributed by atoms with Crippen LogP contribution in [0.1, 0.15) is 31.2 Å². The van der Waals surface area contributed by atoms with Crippen LogP contribution < -0.4 is 4.72 Å². The molecular weight excluding hydrogens is 242 g/mol. The molecule has 16 heavy (non-hydrogen) atoms. The predicted octanol–water partition coefficient (Wildman–Crippen LogP) is 3.04. The lowest BCUT2D eigenvalue weighted by Gasteiger charge is -2.10. The Hall–Kier alpha value is -0.380. The van der Waals surface area contributed by atoms with Crippen molar-refractivity contribution in [2.45, 2.75) is 37.5 Å². The van der Waals surface area contributed by atoms with Crippen LogP contribution >= 0.6 is 11.6 Å². The van der Waals surface area contributed by atoms with Crippen LogP contribution in [-0.2, 0) is 16.7 Å². The summed E-state index contributed by atoms with van der Waals surface area (Å²) in [6.45, 7) is 0. The van der Waals surface area contributed by atoms with E-state index in [1.54, 1.807) is 0 Å². The van der Waals surface area contributed by atoms with Gasteiger partial charge in [0.25, 0.3) is 0 Å². The number of benzene rings is 1. The number of halogens is 1. The number of nitrogens with one attached hydrogen (secondary N) is 1. The van der Waals surface area contributed by atoms with Gasteiger partial charge in [0, 0.05) is 11.1 Å². The van der Waals surface area contributed by atoms with Gasteiger partial charge < -0.3 is 0 Å². The van der Waals surface area contributed by atoms with Gasteiger partial charge in [0.1, 0.15) is 0 Å². The van der Waals surface area contributed by atoms with Crippen LogP contribution in [0.5, 0.6) is 0 Å². The van der Waals surface area contributed by atoms with Gasteiger partial charge in [-0.1, -0.05) is 36.6 Å². The molecule has 88 valence electrons. The molecule has 1 fully saturated rings. The van der Waals surface area contributed by atoms with Gasteiger partial charge >= 0.3 is 0 Å². The molecule has 1 aromatic carbocycles. The maximum Gasteiger partial charge on any atom is 0.0963 e. The van der Waals surface area contributed by atoms with Gasteiger partial charge in [-0.2, -0.15) is 0 Å². The third-order valence-corrected chi connectivity index (χ3v) is 4.31. The van der Waals surface area contributed by atoms with Crippen LogP contribution in [0.15, 0.2) is 24.3 Å². The fourth-order valence-corrected chi connectivity index (χ4v) is 3.32. The molecule has 2 nitrogen and oxygen atoms in total. The zero-order chi connectivity index (χ0) is 11.4. The van der Waals surface area contributed by atoms with Gasteiger partial charge in [-0.15, -0.1) is 0 Å². The van der Waals surface area contributed by atoms with Gasteiger partial charge in [0.2, 0.25) is 0 Å². The smallest absolute Gasteiger partial charge is 0.0963 e. The second kappa shape index (κ2) is 5.80. The molecule has 0 bridgehead atoms. The average molecular weight is 258 g/mol. The second-order valence-corrected chi connectivity index (χ2v) is 5.87. The highest BCUT2D eigenvalue weighted by atomic mass is 35.5. The van der Waals surface area contributed by atoms with E-state index in [1.807, 2.05) is 24.3 Å². The Morgan fingerprint density at radius 2 is 1.88 bits per heavy atom. The number of rotatable bonds is 4. The summed E-state index contributed by atoms with van der Waals surface area (Å²) in [5.41, 5.74) is 1.06. The first-order valence-electron chi connectivity index (χ1n) is 5.63. The molecule has 1 aliphatic carbocycles. The van der Waals surface area contributed by atoms with E-state index in [2.05, 4.69) is 4.72 Å². The van der Waals surface area contributed by atoms with Crippen molar-refractivity contribution in [2.24, 2.45) is 0 Å². The molecule has 1 N–H and O–H groups in total. The van der Waals surface area contributed by atoms with E-state index in [0.717, 1.165) is 23.4 Å². The molecule has 2 rings (SSSR count). The Morgan fingerprint density at radius 1 is 1.25 bits per heavy atom. The van der Waals surface area contributed by atoms with Crippen LogP contribution in [0.2, 0.25) is 5.02 Å². The fourth-order valence-electron chi connectivity index (χ4n) is 2.00. The predicted molar refractivity (Wildman–Crippen MR) is 68.7 cm³/mol. The van der Waals surface area contributed by atoms with Gasteiger partial charge in [-0.3, -0.25) is 0 Å². The van der Waals surface area contributed by atoms with Crippen LogP contribution in [0.4, 0.5) is 0 Å². The molecule has 0 aromatic heterocycles. The third-order valence-electron chi connectivity index (χ3n) is 2.86. The molecule has 0 aliphatic heterocycles. The molecular formula is C12H16ClNOS. The maximum absolute atomic E-state index is 11.8. The molecule has 4 heteroatoms. The van der Waals surface area contributed by atoms with E-state index < -0.39 is 11.0 Å². The van der Waals surface area contributed by atoms with Gasteiger partial charge in [-0.25, -0.2) is 8.93 Å². The van der Waals surface area contributed by atoms with E-state index in [0.29, 0.717) is 11.8 Å². The monoisotopic (exact) mass is 257 g/mol. The minimum Gasteiger partial charge on any atom is -0.243 e. The number of hydrogen-bond donors (Lipinski definition) is 1. The second-order valence-electron chi connectivity index (χ2n) is 4.22.